The van der Waals surface area contributed by atoms with E-state index in [1.165, 1.54) is 24.8 Å². The largest absolute Gasteiger partial charge is 0.493 e. The molecule has 1 aromatic rings. The van der Waals surface area contributed by atoms with E-state index in [4.69, 9.17) is 14.2 Å². The number of ether oxygens (including phenoxy) is 3. The maximum Gasteiger partial charge on any atom is 0.231 e. The maximum absolute atomic E-state index is 5.50. The van der Waals surface area contributed by atoms with Crippen LogP contribution in [0, 0.1) is 0 Å². The topological polar surface area (TPSA) is 43.0 Å². The normalized spacial score (nSPS) is 21.4. The van der Waals surface area contributed by atoms with Crippen LogP contribution in [0.2, 0.25) is 0 Å². The van der Waals surface area contributed by atoms with Crippen LogP contribution in [-0.4, -0.2) is 45.0 Å². The van der Waals surface area contributed by atoms with Gasteiger partial charge in [0.2, 0.25) is 12.5 Å². The summed E-state index contributed by atoms with van der Waals surface area (Å²) in [5, 5.41) is 3.46. The Morgan fingerprint density at radius 3 is 3.05 bits per heavy atom. The zero-order chi connectivity index (χ0) is 14.7. The minimum Gasteiger partial charge on any atom is -0.493 e. The summed E-state index contributed by atoms with van der Waals surface area (Å²) in [6.45, 7) is 3.43. The fourth-order valence-corrected chi connectivity index (χ4v) is 3.13. The standard InChI is InChI=1S/C16H24N2O3/c1-18(13-4-3-6-17-7-5-13)10-12-8-14(19-2)16-15(9-12)20-11-21-16/h8-9,13,17H,3-7,10-11H2,1-2H3. The van der Waals surface area contributed by atoms with Crippen molar-refractivity contribution in [1.82, 2.24) is 10.2 Å². The summed E-state index contributed by atoms with van der Waals surface area (Å²) in [6, 6.07) is 4.76. The molecule has 0 saturated carbocycles. The van der Waals surface area contributed by atoms with Gasteiger partial charge >= 0.3 is 0 Å². The highest BCUT2D eigenvalue weighted by molar-refractivity contribution is 5.55. The van der Waals surface area contributed by atoms with E-state index < -0.39 is 0 Å². The Morgan fingerprint density at radius 1 is 1.29 bits per heavy atom. The highest BCUT2D eigenvalue weighted by atomic mass is 16.7. The molecule has 1 unspecified atom stereocenters. The highest BCUT2D eigenvalue weighted by Crippen LogP contribution is 2.42. The van der Waals surface area contributed by atoms with Crippen LogP contribution in [0.4, 0.5) is 0 Å². The molecule has 0 amide bonds. The van der Waals surface area contributed by atoms with E-state index in [-0.39, 0.29) is 6.79 Å². The van der Waals surface area contributed by atoms with Gasteiger partial charge in [-0.25, -0.2) is 0 Å². The third-order valence-corrected chi connectivity index (χ3v) is 4.32. The lowest BCUT2D eigenvalue weighted by molar-refractivity contribution is 0.171. The maximum atomic E-state index is 5.50. The van der Waals surface area contributed by atoms with Crippen LogP contribution in [0.3, 0.4) is 0 Å². The third-order valence-electron chi connectivity index (χ3n) is 4.32. The van der Waals surface area contributed by atoms with Crippen LogP contribution in [-0.2, 0) is 6.54 Å². The zero-order valence-corrected chi connectivity index (χ0v) is 12.9. The van der Waals surface area contributed by atoms with Gasteiger partial charge in [-0.05, 0) is 57.1 Å². The van der Waals surface area contributed by atoms with Crippen LogP contribution in [0.15, 0.2) is 12.1 Å². The van der Waals surface area contributed by atoms with Gasteiger partial charge in [0.15, 0.2) is 11.5 Å². The van der Waals surface area contributed by atoms with Gasteiger partial charge in [-0.2, -0.15) is 0 Å². The molecule has 3 rings (SSSR count). The first kappa shape index (κ1) is 14.5. The Labute approximate surface area is 126 Å². The average Bonchev–Trinajstić information content (AvgIpc) is 2.79. The van der Waals surface area contributed by atoms with E-state index in [0.717, 1.165) is 36.9 Å². The van der Waals surface area contributed by atoms with Crippen molar-refractivity contribution in [2.24, 2.45) is 0 Å². The third kappa shape index (κ3) is 3.24. The molecule has 2 aliphatic rings. The molecule has 0 aliphatic carbocycles. The average molecular weight is 292 g/mol. The highest BCUT2D eigenvalue weighted by Gasteiger charge is 2.22. The van der Waals surface area contributed by atoms with E-state index in [1.807, 2.05) is 0 Å². The quantitative estimate of drug-likeness (QED) is 0.919. The Hall–Kier alpha value is -1.46. The van der Waals surface area contributed by atoms with Gasteiger partial charge < -0.3 is 19.5 Å². The van der Waals surface area contributed by atoms with Gasteiger partial charge in [0.05, 0.1) is 7.11 Å². The van der Waals surface area contributed by atoms with Crippen LogP contribution >= 0.6 is 0 Å². The minimum atomic E-state index is 0.277. The molecule has 116 valence electrons. The molecule has 21 heavy (non-hydrogen) atoms. The molecule has 2 heterocycles. The number of fused-ring (bicyclic) bond motifs is 1. The zero-order valence-electron chi connectivity index (χ0n) is 12.9. The van der Waals surface area contributed by atoms with Crippen molar-refractivity contribution in [2.45, 2.75) is 31.8 Å². The summed E-state index contributed by atoms with van der Waals surface area (Å²) in [6.07, 6.45) is 3.71. The van der Waals surface area contributed by atoms with Gasteiger partial charge in [0, 0.05) is 12.6 Å². The number of benzene rings is 1. The molecule has 1 atom stereocenters. The summed E-state index contributed by atoms with van der Waals surface area (Å²) in [4.78, 5) is 2.43. The number of nitrogens with zero attached hydrogens (tertiary/aromatic N) is 1. The second kappa shape index (κ2) is 6.54. The first-order chi connectivity index (χ1) is 10.3. The predicted molar refractivity (Wildman–Crippen MR) is 81.1 cm³/mol. The van der Waals surface area contributed by atoms with E-state index in [2.05, 4.69) is 29.4 Å². The molecule has 1 saturated heterocycles. The van der Waals surface area contributed by atoms with Gasteiger partial charge in [0.25, 0.3) is 0 Å². The van der Waals surface area contributed by atoms with Crippen molar-refractivity contribution >= 4 is 0 Å². The van der Waals surface area contributed by atoms with Crippen LogP contribution in [0.1, 0.15) is 24.8 Å². The van der Waals surface area contributed by atoms with Crippen LogP contribution in [0.5, 0.6) is 17.2 Å². The first-order valence-corrected chi connectivity index (χ1v) is 7.65. The number of hydrogen-bond donors (Lipinski definition) is 1. The molecule has 0 radical (unpaired) electrons. The SMILES string of the molecule is COc1cc(CN(C)C2CCCNCC2)cc2c1OCO2. The molecule has 1 N–H and O–H groups in total. The smallest absolute Gasteiger partial charge is 0.231 e. The van der Waals surface area contributed by atoms with Crippen molar-refractivity contribution in [1.29, 1.82) is 0 Å². The molecule has 2 aliphatic heterocycles. The predicted octanol–water partition coefficient (Wildman–Crippen LogP) is 2.00. The Kier molecular flexibility index (Phi) is 4.51. The molecule has 0 aromatic heterocycles. The Morgan fingerprint density at radius 2 is 2.19 bits per heavy atom. The number of nitrogens with one attached hydrogen (secondary N) is 1. The summed E-state index contributed by atoms with van der Waals surface area (Å²) in [5.41, 5.74) is 1.20. The van der Waals surface area contributed by atoms with E-state index >= 15 is 0 Å². The summed E-state index contributed by atoms with van der Waals surface area (Å²) in [5.74, 6) is 2.28. The fourth-order valence-electron chi connectivity index (χ4n) is 3.13. The van der Waals surface area contributed by atoms with Crippen molar-refractivity contribution < 1.29 is 14.2 Å². The van der Waals surface area contributed by atoms with E-state index in [0.29, 0.717) is 6.04 Å². The Balaban J connectivity index is 1.72. The lowest BCUT2D eigenvalue weighted by Crippen LogP contribution is -2.32. The second-order valence-corrected chi connectivity index (χ2v) is 5.78. The van der Waals surface area contributed by atoms with E-state index in [1.54, 1.807) is 7.11 Å². The first-order valence-electron chi connectivity index (χ1n) is 7.65. The van der Waals surface area contributed by atoms with Crippen LogP contribution < -0.4 is 19.5 Å². The minimum absolute atomic E-state index is 0.277. The molecular formula is C16H24N2O3. The molecule has 5 heteroatoms. The van der Waals surface area contributed by atoms with E-state index in [9.17, 15) is 0 Å². The van der Waals surface area contributed by atoms with Crippen molar-refractivity contribution in [3.05, 3.63) is 17.7 Å². The lowest BCUT2D eigenvalue weighted by Gasteiger charge is -2.27. The molecule has 0 bridgehead atoms. The van der Waals surface area contributed by atoms with Crippen LogP contribution in [0.25, 0.3) is 0 Å². The molecule has 0 spiro atoms. The Bertz CT molecular complexity index is 485. The van der Waals surface area contributed by atoms with Crippen molar-refractivity contribution in [2.75, 3.05) is 34.0 Å². The number of methoxy groups -OCH3 is 1. The summed E-state index contributed by atoms with van der Waals surface area (Å²) < 4.78 is 16.4. The van der Waals surface area contributed by atoms with Gasteiger partial charge in [-0.15, -0.1) is 0 Å². The molecular weight excluding hydrogens is 268 g/mol. The lowest BCUT2D eigenvalue weighted by atomic mass is 10.1. The summed E-state index contributed by atoms with van der Waals surface area (Å²) in [7, 11) is 3.87. The number of hydrogen-bond acceptors (Lipinski definition) is 5. The van der Waals surface area contributed by atoms with Crippen molar-refractivity contribution in [3.8, 4) is 17.2 Å². The van der Waals surface area contributed by atoms with Gasteiger partial charge in [-0.1, -0.05) is 0 Å². The second-order valence-electron chi connectivity index (χ2n) is 5.78. The molecule has 1 fully saturated rings. The number of rotatable bonds is 4. The summed E-state index contributed by atoms with van der Waals surface area (Å²) >= 11 is 0. The molecule has 1 aromatic carbocycles. The fraction of sp³-hybridized carbons (Fsp3) is 0.625. The van der Waals surface area contributed by atoms with Gasteiger partial charge in [0.1, 0.15) is 0 Å². The van der Waals surface area contributed by atoms with Crippen molar-refractivity contribution in [3.63, 3.8) is 0 Å². The monoisotopic (exact) mass is 292 g/mol. The molecule has 5 nitrogen and oxygen atoms in total. The van der Waals surface area contributed by atoms with Gasteiger partial charge in [-0.3, -0.25) is 4.90 Å².